The lowest BCUT2D eigenvalue weighted by molar-refractivity contribution is 0.0658. The van der Waals surface area contributed by atoms with Crippen LogP contribution in [0.15, 0.2) is 34.7 Å². The van der Waals surface area contributed by atoms with Crippen LogP contribution in [0.5, 0.6) is 0 Å². The fraction of sp³-hybridized carbons (Fsp3) is 0.0769. The zero-order valence-electron chi connectivity index (χ0n) is 10.1. The van der Waals surface area contributed by atoms with Gasteiger partial charge in [0.2, 0.25) is 5.76 Å². The highest BCUT2D eigenvalue weighted by Gasteiger charge is 2.11. The van der Waals surface area contributed by atoms with Gasteiger partial charge in [-0.1, -0.05) is 11.6 Å². The van der Waals surface area contributed by atoms with Gasteiger partial charge in [0.1, 0.15) is 5.76 Å². The van der Waals surface area contributed by atoms with Crippen LogP contribution in [0.2, 0.25) is 5.02 Å². The molecule has 2 aromatic rings. The first-order chi connectivity index (χ1) is 9.47. The normalized spacial score (nSPS) is 10.2. The largest absolute Gasteiger partial charge is 0.478 e. The summed E-state index contributed by atoms with van der Waals surface area (Å²) >= 11 is 5.75. The van der Waals surface area contributed by atoms with Gasteiger partial charge >= 0.3 is 11.9 Å². The molecule has 0 aliphatic carbocycles. The summed E-state index contributed by atoms with van der Waals surface area (Å²) in [5.74, 6) is -1.99. The van der Waals surface area contributed by atoms with Crippen LogP contribution in [-0.4, -0.2) is 22.2 Å². The van der Waals surface area contributed by atoms with E-state index in [0.717, 1.165) is 0 Å². The highest BCUT2D eigenvalue weighted by atomic mass is 35.5. The van der Waals surface area contributed by atoms with E-state index in [0.29, 0.717) is 11.4 Å². The maximum absolute atomic E-state index is 10.9. The first-order valence-corrected chi connectivity index (χ1v) is 5.94. The predicted molar refractivity (Wildman–Crippen MR) is 71.4 cm³/mol. The Kier molecular flexibility index (Phi) is 3.95. The van der Waals surface area contributed by atoms with Gasteiger partial charge in [-0.2, -0.15) is 0 Å². The number of nitrogens with one attached hydrogen (secondary N) is 1. The highest BCUT2D eigenvalue weighted by molar-refractivity contribution is 6.33. The molecule has 6 nitrogen and oxygen atoms in total. The molecule has 0 bridgehead atoms. The van der Waals surface area contributed by atoms with Crippen molar-refractivity contribution in [1.82, 2.24) is 0 Å². The zero-order valence-corrected chi connectivity index (χ0v) is 10.8. The number of carboxylic acid groups (broad SMARTS) is 2. The smallest absolute Gasteiger partial charge is 0.371 e. The van der Waals surface area contributed by atoms with Crippen LogP contribution in [-0.2, 0) is 6.54 Å². The molecule has 1 aromatic carbocycles. The summed E-state index contributed by atoms with van der Waals surface area (Å²) in [6, 6.07) is 7.37. The molecule has 3 N–H and O–H groups in total. The Morgan fingerprint density at radius 3 is 2.50 bits per heavy atom. The molecule has 20 heavy (non-hydrogen) atoms. The average molecular weight is 296 g/mol. The number of furan rings is 1. The van der Waals surface area contributed by atoms with Gasteiger partial charge in [0.25, 0.3) is 0 Å². The Bertz CT molecular complexity index is 665. The molecule has 0 aliphatic rings. The van der Waals surface area contributed by atoms with Gasteiger partial charge in [-0.3, -0.25) is 0 Å². The maximum atomic E-state index is 10.9. The summed E-state index contributed by atoms with van der Waals surface area (Å²) in [6.45, 7) is 0.230. The molecule has 2 rings (SSSR count). The maximum Gasteiger partial charge on any atom is 0.371 e. The molecule has 104 valence electrons. The highest BCUT2D eigenvalue weighted by Crippen LogP contribution is 2.21. The fourth-order valence-electron chi connectivity index (χ4n) is 1.58. The number of carboxylic acids is 2. The Morgan fingerprint density at radius 2 is 1.90 bits per heavy atom. The minimum Gasteiger partial charge on any atom is -0.478 e. The van der Waals surface area contributed by atoms with Crippen molar-refractivity contribution in [3.8, 4) is 0 Å². The quantitative estimate of drug-likeness (QED) is 0.784. The lowest BCUT2D eigenvalue weighted by Crippen LogP contribution is -2.02. The van der Waals surface area contributed by atoms with Crippen molar-refractivity contribution in [3.63, 3.8) is 0 Å². The first kappa shape index (κ1) is 14.0. The van der Waals surface area contributed by atoms with Crippen LogP contribution in [0.4, 0.5) is 5.69 Å². The second-order valence-electron chi connectivity index (χ2n) is 3.92. The number of aromatic carboxylic acids is 2. The zero-order chi connectivity index (χ0) is 14.7. The van der Waals surface area contributed by atoms with Gasteiger partial charge < -0.3 is 19.9 Å². The van der Waals surface area contributed by atoms with E-state index in [2.05, 4.69) is 5.32 Å². The second-order valence-corrected chi connectivity index (χ2v) is 4.33. The van der Waals surface area contributed by atoms with E-state index in [1.807, 2.05) is 0 Å². The molecule has 0 atom stereocenters. The second kappa shape index (κ2) is 5.66. The molecular weight excluding hydrogens is 286 g/mol. The van der Waals surface area contributed by atoms with E-state index < -0.39 is 11.9 Å². The topological polar surface area (TPSA) is 99.8 Å². The van der Waals surface area contributed by atoms with Crippen LogP contribution in [0.1, 0.15) is 26.7 Å². The lowest BCUT2D eigenvalue weighted by Gasteiger charge is -2.06. The molecule has 1 aromatic heterocycles. The van der Waals surface area contributed by atoms with Gasteiger partial charge in [0, 0.05) is 5.69 Å². The summed E-state index contributed by atoms with van der Waals surface area (Å²) in [4.78, 5) is 21.6. The number of anilines is 1. The fourth-order valence-corrected chi connectivity index (χ4v) is 1.77. The van der Waals surface area contributed by atoms with Crippen LogP contribution >= 0.6 is 11.6 Å². The number of hydrogen-bond donors (Lipinski definition) is 3. The van der Waals surface area contributed by atoms with Gasteiger partial charge in [-0.15, -0.1) is 0 Å². The number of rotatable bonds is 5. The third kappa shape index (κ3) is 3.10. The molecule has 0 radical (unpaired) electrons. The first-order valence-electron chi connectivity index (χ1n) is 5.56. The SMILES string of the molecule is O=C(O)c1ccc(CNc2ccc(Cl)c(C(=O)O)c2)o1. The molecule has 0 amide bonds. The molecule has 0 aliphatic heterocycles. The van der Waals surface area contributed by atoms with Crippen molar-refractivity contribution in [3.05, 3.63) is 52.4 Å². The molecule has 0 saturated heterocycles. The standard InChI is InChI=1S/C13H10ClNO5/c14-10-3-1-7(5-9(10)12(16)17)15-6-8-2-4-11(20-8)13(18)19/h1-5,15H,6H2,(H,16,17)(H,18,19). The van der Waals surface area contributed by atoms with E-state index in [9.17, 15) is 9.59 Å². The van der Waals surface area contributed by atoms with Crippen molar-refractivity contribution in [1.29, 1.82) is 0 Å². The van der Waals surface area contributed by atoms with Crippen molar-refractivity contribution in [2.24, 2.45) is 0 Å². The van der Waals surface area contributed by atoms with Crippen molar-refractivity contribution in [2.45, 2.75) is 6.54 Å². The van der Waals surface area contributed by atoms with Crippen LogP contribution < -0.4 is 5.32 Å². The number of benzene rings is 1. The summed E-state index contributed by atoms with van der Waals surface area (Å²) in [5, 5.41) is 20.7. The number of hydrogen-bond acceptors (Lipinski definition) is 4. The van der Waals surface area contributed by atoms with E-state index in [4.69, 9.17) is 26.2 Å². The summed E-state index contributed by atoms with van der Waals surface area (Å²) in [5.41, 5.74) is 0.530. The Morgan fingerprint density at radius 1 is 1.15 bits per heavy atom. The number of carbonyl (C=O) groups is 2. The third-order valence-corrected chi connectivity index (χ3v) is 2.87. The van der Waals surface area contributed by atoms with Gasteiger partial charge in [0.15, 0.2) is 0 Å². The van der Waals surface area contributed by atoms with Gasteiger partial charge in [0.05, 0.1) is 17.1 Å². The van der Waals surface area contributed by atoms with E-state index in [1.54, 1.807) is 6.07 Å². The lowest BCUT2D eigenvalue weighted by atomic mass is 10.2. The van der Waals surface area contributed by atoms with Crippen LogP contribution in [0.25, 0.3) is 0 Å². The minimum atomic E-state index is -1.14. The van der Waals surface area contributed by atoms with E-state index in [-0.39, 0.29) is 22.9 Å². The summed E-state index contributed by atoms with van der Waals surface area (Å²) in [6.07, 6.45) is 0. The molecule has 1 heterocycles. The minimum absolute atomic E-state index is 0.0117. The Hall–Kier alpha value is -2.47. The van der Waals surface area contributed by atoms with Crippen molar-refractivity contribution >= 4 is 29.2 Å². The monoisotopic (exact) mass is 295 g/mol. The summed E-state index contributed by atoms with van der Waals surface area (Å²) < 4.78 is 5.06. The van der Waals surface area contributed by atoms with Crippen LogP contribution in [0, 0.1) is 0 Å². The van der Waals surface area contributed by atoms with Crippen LogP contribution in [0.3, 0.4) is 0 Å². The summed E-state index contributed by atoms with van der Waals surface area (Å²) in [7, 11) is 0. The molecule has 7 heteroatoms. The molecule has 0 saturated carbocycles. The van der Waals surface area contributed by atoms with E-state index in [1.165, 1.54) is 24.3 Å². The molecule has 0 spiro atoms. The molecule has 0 unspecified atom stereocenters. The predicted octanol–water partition coefficient (Wildman–Crippen LogP) is 2.94. The van der Waals surface area contributed by atoms with Crippen molar-refractivity contribution in [2.75, 3.05) is 5.32 Å². The molecule has 0 fully saturated rings. The van der Waals surface area contributed by atoms with Gasteiger partial charge in [-0.05, 0) is 30.3 Å². The Balaban J connectivity index is 2.08. The van der Waals surface area contributed by atoms with Gasteiger partial charge in [-0.25, -0.2) is 9.59 Å². The molecular formula is C13H10ClNO5. The number of halogens is 1. The average Bonchev–Trinajstić information content (AvgIpc) is 2.86. The van der Waals surface area contributed by atoms with Crippen molar-refractivity contribution < 1.29 is 24.2 Å². The third-order valence-electron chi connectivity index (χ3n) is 2.54. The Labute approximate surface area is 118 Å². The van der Waals surface area contributed by atoms with E-state index >= 15 is 0 Å².